The molecule has 5 nitrogen and oxygen atoms in total. The van der Waals surface area contributed by atoms with Gasteiger partial charge in [-0.1, -0.05) is 31.2 Å². The maximum atomic E-state index is 13.2. The van der Waals surface area contributed by atoms with Crippen LogP contribution in [0.1, 0.15) is 47.1 Å². The van der Waals surface area contributed by atoms with Crippen molar-refractivity contribution in [3.05, 3.63) is 99.7 Å². The number of benzene rings is 2. The molecule has 0 saturated carbocycles. The second-order valence-electron chi connectivity index (χ2n) is 9.42. The Hall–Kier alpha value is -3.19. The molecule has 0 spiro atoms. The van der Waals surface area contributed by atoms with E-state index in [0.717, 1.165) is 53.7 Å². The van der Waals surface area contributed by atoms with E-state index < -0.39 is 0 Å². The molecular weight excluding hydrogens is 519 g/mol. The van der Waals surface area contributed by atoms with E-state index in [2.05, 4.69) is 55.4 Å². The molecule has 1 amide bonds. The summed E-state index contributed by atoms with van der Waals surface area (Å²) in [4.78, 5) is 20.1. The fraction of sp³-hybridized carbons (Fsp3) is 0.310. The Morgan fingerprint density at radius 2 is 1.75 bits per heavy atom. The van der Waals surface area contributed by atoms with Gasteiger partial charge in [0.15, 0.2) is 5.65 Å². The van der Waals surface area contributed by atoms with Crippen LogP contribution in [0.5, 0.6) is 0 Å². The van der Waals surface area contributed by atoms with E-state index in [0.29, 0.717) is 24.6 Å². The van der Waals surface area contributed by atoms with Crippen molar-refractivity contribution >= 4 is 33.2 Å². The Kier molecular flexibility index (Phi) is 7.37. The lowest BCUT2D eigenvalue weighted by molar-refractivity contribution is 0.0944. The first-order valence-electron chi connectivity index (χ1n) is 12.5. The average Bonchev–Trinajstić information content (AvgIpc) is 3.30. The van der Waals surface area contributed by atoms with E-state index >= 15 is 0 Å². The molecular formula is C29H30BrFN4O. The quantitative estimate of drug-likeness (QED) is 0.299. The van der Waals surface area contributed by atoms with Crippen LogP contribution in [-0.2, 0) is 19.4 Å². The van der Waals surface area contributed by atoms with Gasteiger partial charge in [-0.05, 0) is 95.1 Å². The molecule has 0 atom stereocenters. The van der Waals surface area contributed by atoms with Crippen LogP contribution in [0, 0.1) is 11.7 Å². The van der Waals surface area contributed by atoms with Gasteiger partial charge < -0.3 is 10.2 Å². The van der Waals surface area contributed by atoms with Crippen LogP contribution < -0.4 is 10.2 Å². The second kappa shape index (κ2) is 10.8. The zero-order chi connectivity index (χ0) is 25.1. The molecule has 36 heavy (non-hydrogen) atoms. The molecule has 7 heteroatoms. The number of aromatic nitrogens is 2. The summed E-state index contributed by atoms with van der Waals surface area (Å²) in [7, 11) is 0. The molecule has 186 valence electrons. The molecule has 1 aliphatic heterocycles. The fourth-order valence-corrected chi connectivity index (χ4v) is 5.44. The number of amides is 1. The SMILES string of the molecule is CCc1nc2c(Br)cccn2c1C(=O)NCc1ccc(N2CCC(Cc3ccc(F)cc3)CC2)cc1. The van der Waals surface area contributed by atoms with Crippen molar-refractivity contribution in [2.75, 3.05) is 18.0 Å². The van der Waals surface area contributed by atoms with Gasteiger partial charge in [0.25, 0.3) is 5.91 Å². The number of pyridine rings is 1. The van der Waals surface area contributed by atoms with E-state index in [1.165, 1.54) is 11.3 Å². The first-order valence-corrected chi connectivity index (χ1v) is 13.3. The predicted molar refractivity (Wildman–Crippen MR) is 145 cm³/mol. The number of imidazole rings is 1. The third-order valence-corrected chi connectivity index (χ3v) is 7.65. The van der Waals surface area contributed by atoms with Crippen LogP contribution in [0.15, 0.2) is 71.3 Å². The molecule has 0 radical (unpaired) electrons. The molecule has 1 fully saturated rings. The Morgan fingerprint density at radius 1 is 1.06 bits per heavy atom. The molecule has 5 rings (SSSR count). The molecule has 2 aromatic heterocycles. The van der Waals surface area contributed by atoms with E-state index in [-0.39, 0.29) is 11.7 Å². The maximum absolute atomic E-state index is 13.2. The van der Waals surface area contributed by atoms with Gasteiger partial charge in [-0.3, -0.25) is 9.20 Å². The van der Waals surface area contributed by atoms with E-state index in [4.69, 9.17) is 0 Å². The first-order chi connectivity index (χ1) is 17.5. The lowest BCUT2D eigenvalue weighted by Gasteiger charge is -2.33. The molecule has 1 N–H and O–H groups in total. The summed E-state index contributed by atoms with van der Waals surface area (Å²) in [5.41, 5.74) is 5.62. The van der Waals surface area contributed by atoms with Crippen molar-refractivity contribution in [2.24, 2.45) is 5.92 Å². The lowest BCUT2D eigenvalue weighted by atomic mass is 9.90. The maximum Gasteiger partial charge on any atom is 0.270 e. The van der Waals surface area contributed by atoms with Crippen LogP contribution in [0.4, 0.5) is 10.1 Å². The number of nitrogens with zero attached hydrogens (tertiary/aromatic N) is 3. The smallest absolute Gasteiger partial charge is 0.270 e. The van der Waals surface area contributed by atoms with Crippen molar-refractivity contribution in [3.8, 4) is 0 Å². The summed E-state index contributed by atoms with van der Waals surface area (Å²) in [6.07, 6.45) is 5.83. The van der Waals surface area contributed by atoms with E-state index in [1.54, 1.807) is 12.1 Å². The largest absolute Gasteiger partial charge is 0.372 e. The second-order valence-corrected chi connectivity index (χ2v) is 10.3. The van der Waals surface area contributed by atoms with Gasteiger partial charge in [-0.15, -0.1) is 0 Å². The van der Waals surface area contributed by atoms with Crippen molar-refractivity contribution < 1.29 is 9.18 Å². The summed E-state index contributed by atoms with van der Waals surface area (Å²) < 4.78 is 15.9. The number of piperidine rings is 1. The summed E-state index contributed by atoms with van der Waals surface area (Å²) in [6.45, 7) is 4.51. The highest BCUT2D eigenvalue weighted by Gasteiger charge is 2.21. The number of nitrogens with one attached hydrogen (secondary N) is 1. The lowest BCUT2D eigenvalue weighted by Crippen LogP contribution is -2.34. The van der Waals surface area contributed by atoms with Gasteiger partial charge in [0, 0.05) is 31.5 Å². The number of aryl methyl sites for hydroxylation is 1. The number of fused-ring (bicyclic) bond motifs is 1. The van der Waals surface area contributed by atoms with Gasteiger partial charge in [0.2, 0.25) is 0 Å². The predicted octanol–water partition coefficient (Wildman–Crippen LogP) is 6.19. The number of rotatable bonds is 7. The molecule has 0 unspecified atom stereocenters. The molecule has 1 aliphatic rings. The van der Waals surface area contributed by atoms with Crippen LogP contribution in [0.2, 0.25) is 0 Å². The number of hydrogen-bond donors (Lipinski definition) is 1. The number of carbonyl (C=O) groups excluding carboxylic acids is 1. The minimum atomic E-state index is -0.175. The zero-order valence-corrected chi connectivity index (χ0v) is 22.0. The summed E-state index contributed by atoms with van der Waals surface area (Å²) in [5, 5.41) is 3.07. The minimum Gasteiger partial charge on any atom is -0.372 e. The van der Waals surface area contributed by atoms with Crippen LogP contribution in [0.3, 0.4) is 0 Å². The Morgan fingerprint density at radius 3 is 2.44 bits per heavy atom. The van der Waals surface area contributed by atoms with Gasteiger partial charge in [0.1, 0.15) is 11.5 Å². The monoisotopic (exact) mass is 548 g/mol. The number of carbonyl (C=O) groups is 1. The van der Waals surface area contributed by atoms with Crippen molar-refractivity contribution in [1.29, 1.82) is 0 Å². The summed E-state index contributed by atoms with van der Waals surface area (Å²) in [6, 6.07) is 19.2. The third-order valence-electron chi connectivity index (χ3n) is 7.03. The molecule has 0 aliphatic carbocycles. The van der Waals surface area contributed by atoms with Crippen LogP contribution >= 0.6 is 15.9 Å². The highest BCUT2D eigenvalue weighted by atomic mass is 79.9. The van der Waals surface area contributed by atoms with Crippen molar-refractivity contribution in [2.45, 2.75) is 39.2 Å². The molecule has 4 aromatic rings. The van der Waals surface area contributed by atoms with E-state index in [1.807, 2.05) is 41.8 Å². The standard InChI is InChI=1S/C29H30BrFN4O/c1-2-26-27(35-15-3-4-25(30)28(35)33-26)29(36)32-19-22-7-11-24(12-8-22)34-16-13-21(14-17-34)18-20-5-9-23(31)10-6-20/h3-12,15,21H,2,13-14,16-19H2,1H3,(H,32,36). The van der Waals surface area contributed by atoms with Crippen molar-refractivity contribution in [1.82, 2.24) is 14.7 Å². The Labute approximate surface area is 219 Å². The fourth-order valence-electron chi connectivity index (χ4n) is 5.01. The Balaban J connectivity index is 1.16. The van der Waals surface area contributed by atoms with Gasteiger partial charge in [-0.2, -0.15) is 0 Å². The number of hydrogen-bond acceptors (Lipinski definition) is 3. The van der Waals surface area contributed by atoms with Gasteiger partial charge in [-0.25, -0.2) is 9.37 Å². The molecule has 1 saturated heterocycles. The number of halogens is 2. The van der Waals surface area contributed by atoms with Gasteiger partial charge in [0.05, 0.1) is 10.2 Å². The number of anilines is 1. The van der Waals surface area contributed by atoms with E-state index in [9.17, 15) is 9.18 Å². The molecule has 0 bridgehead atoms. The third kappa shape index (κ3) is 5.31. The van der Waals surface area contributed by atoms with Crippen LogP contribution in [-0.4, -0.2) is 28.4 Å². The highest BCUT2D eigenvalue weighted by Crippen LogP contribution is 2.26. The summed E-state index contributed by atoms with van der Waals surface area (Å²) >= 11 is 3.53. The Bertz CT molecular complexity index is 1340. The highest BCUT2D eigenvalue weighted by molar-refractivity contribution is 9.10. The zero-order valence-electron chi connectivity index (χ0n) is 20.4. The van der Waals surface area contributed by atoms with Crippen LogP contribution in [0.25, 0.3) is 5.65 Å². The topological polar surface area (TPSA) is 49.6 Å². The van der Waals surface area contributed by atoms with Gasteiger partial charge >= 0.3 is 0 Å². The molecule has 3 heterocycles. The van der Waals surface area contributed by atoms with Crippen molar-refractivity contribution in [3.63, 3.8) is 0 Å². The minimum absolute atomic E-state index is 0.121. The summed E-state index contributed by atoms with van der Waals surface area (Å²) in [5.74, 6) is 0.338. The first kappa shape index (κ1) is 24.5. The average molecular weight is 549 g/mol. The molecule has 2 aromatic carbocycles. The normalized spacial score (nSPS) is 14.4.